The van der Waals surface area contributed by atoms with Crippen LogP contribution < -0.4 is 10.6 Å². The smallest absolute Gasteiger partial charge is 0.244 e. The van der Waals surface area contributed by atoms with Crippen LogP contribution in [0.3, 0.4) is 0 Å². The zero-order chi connectivity index (χ0) is 19.9. The number of guanidine groups is 1. The normalized spacial score (nSPS) is 13.5. The Kier molecular flexibility index (Phi) is 9.35. The van der Waals surface area contributed by atoms with Gasteiger partial charge in [0, 0.05) is 31.1 Å². The maximum atomic E-state index is 13.2. The Bertz CT molecular complexity index is 855. The van der Waals surface area contributed by atoms with Crippen LogP contribution in [0.25, 0.3) is 0 Å². The molecule has 0 saturated carbocycles. The second-order valence-corrected chi connectivity index (χ2v) is 7.88. The molecule has 29 heavy (non-hydrogen) atoms. The van der Waals surface area contributed by atoms with E-state index in [1.54, 1.807) is 17.4 Å². The minimum Gasteiger partial charge on any atom is -0.357 e. The molecule has 1 aliphatic heterocycles. The summed E-state index contributed by atoms with van der Waals surface area (Å²) in [5, 5.41) is 8.52. The van der Waals surface area contributed by atoms with Gasteiger partial charge in [-0.05, 0) is 67.0 Å². The van der Waals surface area contributed by atoms with E-state index in [2.05, 4.69) is 27.1 Å². The van der Waals surface area contributed by atoms with Crippen LogP contribution in [0.4, 0.5) is 4.39 Å². The van der Waals surface area contributed by atoms with Crippen LogP contribution in [0.5, 0.6) is 0 Å². The van der Waals surface area contributed by atoms with Crippen molar-refractivity contribution in [1.29, 1.82) is 0 Å². The molecule has 0 bridgehead atoms. The largest absolute Gasteiger partial charge is 0.357 e. The maximum absolute atomic E-state index is 13.2. The zero-order valence-corrected chi connectivity index (χ0v) is 20.0. The molecule has 2 N–H and O–H groups in total. The van der Waals surface area contributed by atoms with Crippen molar-refractivity contribution in [2.75, 3.05) is 26.2 Å². The average Bonchev–Trinajstić information content (AvgIpc) is 3.15. The molecule has 0 aliphatic carbocycles. The first-order valence-electron chi connectivity index (χ1n) is 9.67. The molecule has 0 radical (unpaired) electrons. The molecule has 5 nitrogen and oxygen atoms in total. The number of thiophene rings is 1. The lowest BCUT2D eigenvalue weighted by Gasteiger charge is -2.26. The van der Waals surface area contributed by atoms with E-state index in [1.807, 2.05) is 24.8 Å². The first kappa shape index (κ1) is 23.6. The monoisotopic (exact) mass is 530 g/mol. The number of hydrogen-bond acceptors (Lipinski definition) is 3. The number of benzene rings is 1. The fourth-order valence-electron chi connectivity index (χ4n) is 3.31. The summed E-state index contributed by atoms with van der Waals surface area (Å²) in [6.07, 6.45) is 1.69. The summed E-state index contributed by atoms with van der Waals surface area (Å²) in [6, 6.07) is 6.95. The Morgan fingerprint density at radius 1 is 1.31 bits per heavy atom. The molecule has 158 valence electrons. The van der Waals surface area contributed by atoms with Crippen LogP contribution in [0.1, 0.15) is 28.5 Å². The third-order valence-electron chi connectivity index (χ3n) is 4.87. The number of hydrogen-bond donors (Lipinski definition) is 2. The Morgan fingerprint density at radius 2 is 2.14 bits per heavy atom. The summed E-state index contributed by atoms with van der Waals surface area (Å²) in [5.74, 6) is 0.460. The molecule has 2 aromatic rings. The van der Waals surface area contributed by atoms with Crippen molar-refractivity contribution in [3.8, 4) is 0 Å². The van der Waals surface area contributed by atoms with Crippen molar-refractivity contribution < 1.29 is 9.18 Å². The van der Waals surface area contributed by atoms with Gasteiger partial charge in [-0.3, -0.25) is 4.79 Å². The Balaban J connectivity index is 0.00000300. The number of amides is 1. The third kappa shape index (κ3) is 6.67. The lowest BCUT2D eigenvalue weighted by molar-refractivity contribution is -0.130. The van der Waals surface area contributed by atoms with E-state index in [0.29, 0.717) is 19.0 Å². The highest BCUT2D eigenvalue weighted by atomic mass is 127. The standard InChI is InChI=1S/C21H27FN4OS.HI/c1-3-23-21(24-9-6-16-4-5-18(22)12-15(16)2)25-13-20(27)26-10-7-19-17(14-26)8-11-28-19;/h4-5,8,11-12H,3,6-7,9-10,13-14H2,1-2H3,(H2,23,24,25);1H. The number of carbonyl (C=O) groups is 1. The molecule has 0 spiro atoms. The molecule has 0 fully saturated rings. The van der Waals surface area contributed by atoms with Crippen molar-refractivity contribution >= 4 is 47.2 Å². The SMILES string of the molecule is CCNC(=NCC(=O)N1CCc2sccc2C1)NCCc1ccc(F)cc1C.I. The summed E-state index contributed by atoms with van der Waals surface area (Å²) in [5.41, 5.74) is 3.30. The molecule has 1 aromatic carbocycles. The van der Waals surface area contributed by atoms with Crippen molar-refractivity contribution in [2.45, 2.75) is 33.2 Å². The van der Waals surface area contributed by atoms with Gasteiger partial charge in [0.1, 0.15) is 12.4 Å². The lowest BCUT2D eigenvalue weighted by atomic mass is 10.1. The van der Waals surface area contributed by atoms with Crippen LogP contribution in [-0.4, -0.2) is 42.9 Å². The molecule has 1 aromatic heterocycles. The van der Waals surface area contributed by atoms with E-state index in [0.717, 1.165) is 37.1 Å². The second-order valence-electron chi connectivity index (χ2n) is 6.88. The van der Waals surface area contributed by atoms with Gasteiger partial charge < -0.3 is 15.5 Å². The van der Waals surface area contributed by atoms with E-state index in [9.17, 15) is 9.18 Å². The van der Waals surface area contributed by atoms with Gasteiger partial charge in [0.15, 0.2) is 5.96 Å². The molecule has 1 aliphatic rings. The van der Waals surface area contributed by atoms with Gasteiger partial charge in [0.2, 0.25) is 5.91 Å². The molecule has 0 saturated heterocycles. The maximum Gasteiger partial charge on any atom is 0.244 e. The van der Waals surface area contributed by atoms with Gasteiger partial charge >= 0.3 is 0 Å². The molecule has 1 amide bonds. The Hall–Kier alpha value is -1.68. The predicted octanol–water partition coefficient (Wildman–Crippen LogP) is 3.50. The van der Waals surface area contributed by atoms with Crippen molar-refractivity contribution in [3.63, 3.8) is 0 Å². The van der Waals surface area contributed by atoms with Crippen LogP contribution >= 0.6 is 35.3 Å². The summed E-state index contributed by atoms with van der Waals surface area (Å²) < 4.78 is 13.2. The number of nitrogens with zero attached hydrogens (tertiary/aromatic N) is 2. The second kappa shape index (κ2) is 11.5. The minimum atomic E-state index is -0.213. The summed E-state index contributed by atoms with van der Waals surface area (Å²) in [6.45, 7) is 6.85. The highest BCUT2D eigenvalue weighted by molar-refractivity contribution is 14.0. The van der Waals surface area contributed by atoms with Crippen LogP contribution in [-0.2, 0) is 24.2 Å². The van der Waals surface area contributed by atoms with Gasteiger partial charge in [0.25, 0.3) is 0 Å². The lowest BCUT2D eigenvalue weighted by Crippen LogP contribution is -2.41. The minimum absolute atomic E-state index is 0. The fourth-order valence-corrected chi connectivity index (χ4v) is 4.19. The molecular formula is C21H28FIN4OS. The highest BCUT2D eigenvalue weighted by Crippen LogP contribution is 2.23. The molecule has 0 atom stereocenters. The Labute approximate surface area is 192 Å². The molecule has 0 unspecified atom stereocenters. The van der Waals surface area contributed by atoms with E-state index in [-0.39, 0.29) is 42.2 Å². The molecule has 3 rings (SSSR count). The van der Waals surface area contributed by atoms with Crippen LogP contribution in [0.2, 0.25) is 0 Å². The average molecular weight is 530 g/mol. The summed E-state index contributed by atoms with van der Waals surface area (Å²) in [7, 11) is 0. The molecule has 2 heterocycles. The topological polar surface area (TPSA) is 56.7 Å². The molecule has 8 heteroatoms. The number of halogens is 2. The predicted molar refractivity (Wildman–Crippen MR) is 128 cm³/mol. The van der Waals surface area contributed by atoms with Crippen molar-refractivity contribution in [3.05, 3.63) is 57.0 Å². The van der Waals surface area contributed by atoms with Gasteiger partial charge in [-0.25, -0.2) is 9.38 Å². The number of fused-ring (bicyclic) bond motifs is 1. The number of aliphatic imine (C=N–C) groups is 1. The van der Waals surface area contributed by atoms with E-state index >= 15 is 0 Å². The van der Waals surface area contributed by atoms with Gasteiger partial charge in [-0.15, -0.1) is 35.3 Å². The van der Waals surface area contributed by atoms with E-state index in [4.69, 9.17) is 0 Å². The van der Waals surface area contributed by atoms with Crippen molar-refractivity contribution in [2.24, 2.45) is 4.99 Å². The van der Waals surface area contributed by atoms with Gasteiger partial charge in [0.05, 0.1) is 0 Å². The third-order valence-corrected chi connectivity index (χ3v) is 5.89. The van der Waals surface area contributed by atoms with E-state index < -0.39 is 0 Å². The number of nitrogens with one attached hydrogen (secondary N) is 2. The van der Waals surface area contributed by atoms with Gasteiger partial charge in [-0.2, -0.15) is 0 Å². The summed E-state index contributed by atoms with van der Waals surface area (Å²) in [4.78, 5) is 20.3. The summed E-state index contributed by atoms with van der Waals surface area (Å²) >= 11 is 1.77. The Morgan fingerprint density at radius 3 is 2.90 bits per heavy atom. The number of carbonyl (C=O) groups excluding carboxylic acids is 1. The van der Waals surface area contributed by atoms with Crippen molar-refractivity contribution in [1.82, 2.24) is 15.5 Å². The fraction of sp³-hybridized carbons (Fsp3) is 0.429. The molecular weight excluding hydrogens is 502 g/mol. The van der Waals surface area contributed by atoms with Crippen LogP contribution in [0, 0.1) is 12.7 Å². The first-order chi connectivity index (χ1) is 13.6. The highest BCUT2D eigenvalue weighted by Gasteiger charge is 2.21. The zero-order valence-electron chi connectivity index (χ0n) is 16.8. The van der Waals surface area contributed by atoms with E-state index in [1.165, 1.54) is 16.5 Å². The number of rotatable bonds is 6. The van der Waals surface area contributed by atoms with Crippen LogP contribution in [0.15, 0.2) is 34.6 Å². The number of aryl methyl sites for hydroxylation is 1. The quantitative estimate of drug-likeness (QED) is 0.342. The first-order valence-corrected chi connectivity index (χ1v) is 10.5. The van der Waals surface area contributed by atoms with Gasteiger partial charge in [-0.1, -0.05) is 6.07 Å².